The Bertz CT molecular complexity index is 1260. The van der Waals surface area contributed by atoms with Crippen LogP contribution in [0.3, 0.4) is 0 Å². The molecule has 3 heterocycles. The first-order valence-electron chi connectivity index (χ1n) is 11.9. The smallest absolute Gasteiger partial charge is 0.369 e. The Labute approximate surface area is 206 Å². The third-order valence-electron chi connectivity index (χ3n) is 7.02. The first kappa shape index (κ1) is 24.1. The summed E-state index contributed by atoms with van der Waals surface area (Å²) in [5.74, 6) is 0.118. The quantitative estimate of drug-likeness (QED) is 0.444. The van der Waals surface area contributed by atoms with Crippen LogP contribution in [0.4, 0.5) is 33.9 Å². The van der Waals surface area contributed by atoms with Crippen molar-refractivity contribution < 1.29 is 22.4 Å². The molecule has 0 N–H and O–H groups in total. The van der Waals surface area contributed by atoms with Crippen molar-refractivity contribution in [2.24, 2.45) is 7.05 Å². The molecule has 0 unspecified atom stereocenters. The molecular weight excluding hydrogens is 474 g/mol. The van der Waals surface area contributed by atoms with E-state index < -0.39 is 11.7 Å². The van der Waals surface area contributed by atoms with E-state index in [0.29, 0.717) is 44.0 Å². The van der Waals surface area contributed by atoms with Gasteiger partial charge in [0, 0.05) is 37.9 Å². The highest BCUT2D eigenvalue weighted by Crippen LogP contribution is 2.36. The molecule has 1 saturated heterocycles. The third kappa shape index (κ3) is 4.40. The maximum Gasteiger partial charge on any atom is 0.416 e. The van der Waals surface area contributed by atoms with Crippen LogP contribution < -0.4 is 9.80 Å². The van der Waals surface area contributed by atoms with Gasteiger partial charge in [-0.3, -0.25) is 9.58 Å². The minimum atomic E-state index is -4.53. The number of fused-ring (bicyclic) bond motifs is 1. The van der Waals surface area contributed by atoms with Crippen LogP contribution in [0.15, 0.2) is 48.7 Å². The minimum absolute atomic E-state index is 0.0154. The van der Waals surface area contributed by atoms with E-state index in [2.05, 4.69) is 5.10 Å². The topological polar surface area (TPSA) is 44.6 Å². The molecule has 0 radical (unpaired) electrons. The molecule has 2 aromatic carbocycles. The highest BCUT2D eigenvalue weighted by Gasteiger charge is 2.40. The van der Waals surface area contributed by atoms with Gasteiger partial charge in [-0.2, -0.15) is 18.3 Å². The number of rotatable bonds is 4. The summed E-state index contributed by atoms with van der Waals surface area (Å²) in [6.07, 6.45) is -1.47. The summed E-state index contributed by atoms with van der Waals surface area (Å²) in [4.78, 5) is 18.7. The van der Waals surface area contributed by atoms with Crippen molar-refractivity contribution in [3.05, 3.63) is 76.7 Å². The predicted octanol–water partition coefficient (Wildman–Crippen LogP) is 5.50. The Morgan fingerprint density at radius 3 is 2.47 bits per heavy atom. The number of alkyl halides is 3. The standard InChI is InChI=1S/C26H27F4N5O/c1-17-6-5-9-22(27)23(17)33-12-10-20(11-13-33)34-16-19-14-32(2)31-24(19)35(25(34)36)15-18-7-3-4-8-21(18)26(28,29)30/h3-9,14,20H,10-13,15-16H2,1-2H3. The monoisotopic (exact) mass is 501 g/mol. The molecule has 0 bridgehead atoms. The molecule has 2 amide bonds. The highest BCUT2D eigenvalue weighted by atomic mass is 19.4. The Kier molecular flexibility index (Phi) is 6.13. The van der Waals surface area contributed by atoms with Gasteiger partial charge in [-0.1, -0.05) is 30.3 Å². The maximum absolute atomic E-state index is 14.5. The fourth-order valence-corrected chi connectivity index (χ4v) is 5.32. The predicted molar refractivity (Wildman–Crippen MR) is 128 cm³/mol. The summed E-state index contributed by atoms with van der Waals surface area (Å²) in [6, 6.07) is 9.83. The molecule has 10 heteroatoms. The zero-order valence-corrected chi connectivity index (χ0v) is 20.1. The number of benzene rings is 2. The molecule has 3 aromatic rings. The number of urea groups is 1. The number of nitrogens with zero attached hydrogens (tertiary/aromatic N) is 5. The van der Waals surface area contributed by atoms with Crippen LogP contribution in [0.1, 0.15) is 35.1 Å². The summed E-state index contributed by atoms with van der Waals surface area (Å²) in [5, 5.41) is 4.39. The molecule has 2 aliphatic rings. The summed E-state index contributed by atoms with van der Waals surface area (Å²) in [6.45, 7) is 3.13. The van der Waals surface area contributed by atoms with Gasteiger partial charge in [0.2, 0.25) is 0 Å². The molecule has 6 nitrogen and oxygen atoms in total. The lowest BCUT2D eigenvalue weighted by Gasteiger charge is -2.43. The van der Waals surface area contributed by atoms with Gasteiger partial charge >= 0.3 is 12.2 Å². The van der Waals surface area contributed by atoms with E-state index in [4.69, 9.17) is 0 Å². The second-order valence-corrected chi connectivity index (χ2v) is 9.43. The van der Waals surface area contributed by atoms with Crippen molar-refractivity contribution in [3.63, 3.8) is 0 Å². The Balaban J connectivity index is 1.39. The summed E-state index contributed by atoms with van der Waals surface area (Å²) in [5.41, 5.74) is 1.48. The van der Waals surface area contributed by atoms with Gasteiger partial charge in [0.25, 0.3) is 0 Å². The second-order valence-electron chi connectivity index (χ2n) is 9.43. The summed E-state index contributed by atoms with van der Waals surface area (Å²) in [7, 11) is 1.73. The van der Waals surface area contributed by atoms with Crippen molar-refractivity contribution in [1.29, 1.82) is 0 Å². The summed E-state index contributed by atoms with van der Waals surface area (Å²) >= 11 is 0. The van der Waals surface area contributed by atoms with Gasteiger partial charge in [-0.25, -0.2) is 9.18 Å². The van der Waals surface area contributed by atoms with Crippen LogP contribution in [-0.4, -0.2) is 39.8 Å². The van der Waals surface area contributed by atoms with Crippen molar-refractivity contribution in [1.82, 2.24) is 14.7 Å². The second kappa shape index (κ2) is 9.15. The molecule has 5 rings (SSSR count). The zero-order chi connectivity index (χ0) is 25.6. The number of carbonyl (C=O) groups excluding carboxylic acids is 1. The number of aromatic nitrogens is 2. The molecular formula is C26H27F4N5O. The molecule has 0 aliphatic carbocycles. The lowest BCUT2D eigenvalue weighted by molar-refractivity contribution is -0.138. The Hall–Kier alpha value is -3.56. The van der Waals surface area contributed by atoms with Gasteiger partial charge in [-0.15, -0.1) is 0 Å². The van der Waals surface area contributed by atoms with E-state index in [1.54, 1.807) is 28.9 Å². The number of hydrogen-bond donors (Lipinski definition) is 0. The largest absolute Gasteiger partial charge is 0.416 e. The number of aryl methyl sites for hydroxylation is 2. The number of halogens is 4. The highest BCUT2D eigenvalue weighted by molar-refractivity contribution is 5.94. The number of anilines is 2. The first-order chi connectivity index (χ1) is 17.1. The van der Waals surface area contributed by atoms with Crippen molar-refractivity contribution in [3.8, 4) is 0 Å². The van der Waals surface area contributed by atoms with E-state index in [1.165, 1.54) is 29.2 Å². The van der Waals surface area contributed by atoms with Gasteiger partial charge < -0.3 is 9.80 Å². The van der Waals surface area contributed by atoms with Crippen LogP contribution in [0.5, 0.6) is 0 Å². The van der Waals surface area contributed by atoms with Crippen molar-refractivity contribution >= 4 is 17.5 Å². The van der Waals surface area contributed by atoms with Crippen LogP contribution >= 0.6 is 0 Å². The summed E-state index contributed by atoms with van der Waals surface area (Å²) < 4.78 is 57.0. The SMILES string of the molecule is Cc1cccc(F)c1N1CCC(N2Cc3cn(C)nc3N(Cc3ccccc3C(F)(F)F)C2=O)CC1. The Morgan fingerprint density at radius 1 is 1.06 bits per heavy atom. The molecule has 2 aliphatic heterocycles. The third-order valence-corrected chi connectivity index (χ3v) is 7.02. The molecule has 0 saturated carbocycles. The van der Waals surface area contributed by atoms with E-state index in [9.17, 15) is 22.4 Å². The molecule has 36 heavy (non-hydrogen) atoms. The Morgan fingerprint density at radius 2 is 1.78 bits per heavy atom. The van der Waals surface area contributed by atoms with Crippen molar-refractivity contribution in [2.45, 2.75) is 45.1 Å². The average molecular weight is 502 g/mol. The lowest BCUT2D eigenvalue weighted by atomic mass is 10.00. The normalized spacial score (nSPS) is 17.1. The molecule has 1 fully saturated rings. The van der Waals surface area contributed by atoms with Gasteiger partial charge in [0.1, 0.15) is 5.82 Å². The van der Waals surface area contributed by atoms with Gasteiger partial charge in [0.05, 0.1) is 24.3 Å². The average Bonchev–Trinajstić information content (AvgIpc) is 3.21. The number of amides is 2. The number of piperidine rings is 1. The van der Waals surface area contributed by atoms with Crippen LogP contribution in [0.25, 0.3) is 0 Å². The molecule has 190 valence electrons. The van der Waals surface area contributed by atoms with E-state index in [-0.39, 0.29) is 30.0 Å². The van der Waals surface area contributed by atoms with Crippen LogP contribution in [-0.2, 0) is 26.3 Å². The van der Waals surface area contributed by atoms with E-state index in [1.807, 2.05) is 17.9 Å². The van der Waals surface area contributed by atoms with Crippen molar-refractivity contribution in [2.75, 3.05) is 22.9 Å². The zero-order valence-electron chi connectivity index (χ0n) is 20.1. The fraction of sp³-hybridized carbons (Fsp3) is 0.385. The van der Waals surface area contributed by atoms with Crippen LogP contribution in [0.2, 0.25) is 0 Å². The van der Waals surface area contributed by atoms with Gasteiger partial charge in [0.15, 0.2) is 5.82 Å². The molecule has 1 aromatic heterocycles. The van der Waals surface area contributed by atoms with E-state index >= 15 is 0 Å². The number of carbonyl (C=O) groups is 1. The number of hydrogen-bond acceptors (Lipinski definition) is 3. The van der Waals surface area contributed by atoms with E-state index in [0.717, 1.165) is 17.2 Å². The lowest BCUT2D eigenvalue weighted by Crippen LogP contribution is -2.54. The minimum Gasteiger partial charge on any atom is -0.369 e. The van der Waals surface area contributed by atoms with Gasteiger partial charge in [-0.05, 0) is 43.0 Å². The number of para-hydroxylation sites is 1. The fourth-order valence-electron chi connectivity index (χ4n) is 5.32. The maximum atomic E-state index is 14.5. The molecule has 0 atom stereocenters. The first-order valence-corrected chi connectivity index (χ1v) is 11.9. The van der Waals surface area contributed by atoms with Crippen LogP contribution in [0, 0.1) is 12.7 Å². The molecule has 0 spiro atoms.